The van der Waals surface area contributed by atoms with Crippen LogP contribution in [0.15, 0.2) is 91.0 Å². The Morgan fingerprint density at radius 3 is 1.33 bits per heavy atom. The summed E-state index contributed by atoms with van der Waals surface area (Å²) in [4.78, 5) is 23.9. The Kier molecular flexibility index (Phi) is 15.6. The number of hydrogen-bond donors (Lipinski definition) is 0. The van der Waals surface area contributed by atoms with E-state index < -0.39 is 0 Å². The van der Waals surface area contributed by atoms with Gasteiger partial charge in [-0.05, 0) is 278 Å². The van der Waals surface area contributed by atoms with E-state index in [0.717, 1.165) is 60.6 Å². The van der Waals surface area contributed by atoms with Gasteiger partial charge < -0.3 is 0 Å². The van der Waals surface area contributed by atoms with Crippen molar-refractivity contribution in [2.24, 2.45) is 0 Å². The molecule has 0 spiro atoms. The van der Waals surface area contributed by atoms with Crippen LogP contribution in [-0.4, -0.2) is 24.9 Å². The SMILES string of the molecule is Cc1cc(C)c2c(c1)Cc1cc(C)c(C)nc1-2.Cc1cc2c(cc1C)-c1nc(C)c(C)cc1C2.Cc1cc2c(nc1C)-c1c(C)ccc(C)c1C2.Cc1cc2c(nc1C)-c1c(ccc(C)c1C)C2.Cc1cccc2c1Cc1c-2nc(C)c(C)c1C. The molecule has 0 fully saturated rings. The van der Waals surface area contributed by atoms with Gasteiger partial charge in [0, 0.05) is 88.4 Å². The van der Waals surface area contributed by atoms with Crippen molar-refractivity contribution >= 4 is 0 Å². The minimum atomic E-state index is 1.04. The molecule has 15 rings (SSSR count). The van der Waals surface area contributed by atoms with Crippen molar-refractivity contribution in [2.45, 2.75) is 171 Å². The van der Waals surface area contributed by atoms with Crippen LogP contribution in [0.5, 0.6) is 0 Å². The van der Waals surface area contributed by atoms with Crippen LogP contribution in [0.2, 0.25) is 0 Å². The average molecular weight is 1120 g/mol. The highest BCUT2D eigenvalue weighted by molar-refractivity contribution is 5.81. The molecule has 430 valence electrons. The van der Waals surface area contributed by atoms with Crippen LogP contribution in [-0.2, 0) is 32.1 Å². The maximum atomic E-state index is 4.80. The van der Waals surface area contributed by atoms with Gasteiger partial charge in [-0.2, -0.15) is 0 Å². The molecule has 0 amide bonds. The van der Waals surface area contributed by atoms with Gasteiger partial charge in [-0.1, -0.05) is 90.5 Å². The lowest BCUT2D eigenvalue weighted by molar-refractivity contribution is 1.08. The molecule has 5 nitrogen and oxygen atoms in total. The maximum absolute atomic E-state index is 4.80. The molecule has 5 aliphatic carbocycles. The molecule has 5 heterocycles. The molecular formula is C80H85N5. The predicted octanol–water partition coefficient (Wildman–Crippen LogP) is 19.4. The summed E-state index contributed by atoms with van der Waals surface area (Å²) in [6.07, 6.45) is 5.23. The van der Waals surface area contributed by atoms with Crippen molar-refractivity contribution in [1.29, 1.82) is 0 Å². The lowest BCUT2D eigenvalue weighted by Crippen LogP contribution is -1.97. The van der Waals surface area contributed by atoms with Gasteiger partial charge >= 0.3 is 0 Å². The number of benzene rings is 5. The molecule has 10 aromatic rings. The molecule has 0 aliphatic heterocycles. The summed E-state index contributed by atoms with van der Waals surface area (Å²) < 4.78 is 0. The van der Waals surface area contributed by atoms with Gasteiger partial charge in [0.15, 0.2) is 0 Å². The Hall–Kier alpha value is -8.15. The topological polar surface area (TPSA) is 64.5 Å². The lowest BCUT2D eigenvalue weighted by Gasteiger charge is -2.10. The summed E-state index contributed by atoms with van der Waals surface area (Å²) in [5, 5.41) is 0. The zero-order valence-corrected chi connectivity index (χ0v) is 54.4. The molecule has 5 aromatic carbocycles. The molecule has 5 aliphatic rings. The van der Waals surface area contributed by atoms with Crippen LogP contribution < -0.4 is 0 Å². The first kappa shape index (κ1) is 58.6. The van der Waals surface area contributed by atoms with Crippen LogP contribution in [0.4, 0.5) is 0 Å². The summed E-state index contributed by atoms with van der Waals surface area (Å²) in [5.74, 6) is 0. The Labute approximate surface area is 507 Å². The zero-order valence-electron chi connectivity index (χ0n) is 54.4. The molecular weight excluding hydrogens is 1030 g/mol. The fourth-order valence-corrected chi connectivity index (χ4v) is 13.6. The molecule has 0 bridgehead atoms. The van der Waals surface area contributed by atoms with E-state index in [1.807, 2.05) is 0 Å². The number of nitrogens with zero attached hydrogens (tertiary/aromatic N) is 5. The van der Waals surface area contributed by atoms with E-state index >= 15 is 0 Å². The monoisotopic (exact) mass is 1120 g/mol. The van der Waals surface area contributed by atoms with E-state index in [-0.39, 0.29) is 0 Å². The van der Waals surface area contributed by atoms with Crippen LogP contribution in [0.1, 0.15) is 168 Å². The molecule has 0 N–H and O–H groups in total. The van der Waals surface area contributed by atoms with Gasteiger partial charge in [0.25, 0.3) is 0 Å². The second-order valence-electron chi connectivity index (χ2n) is 25.7. The minimum absolute atomic E-state index is 1.04. The minimum Gasteiger partial charge on any atom is -0.253 e. The van der Waals surface area contributed by atoms with Crippen molar-refractivity contribution in [2.75, 3.05) is 0 Å². The Bertz CT molecular complexity index is 4360. The molecule has 0 saturated carbocycles. The van der Waals surface area contributed by atoms with Crippen LogP contribution >= 0.6 is 0 Å². The molecule has 85 heavy (non-hydrogen) atoms. The van der Waals surface area contributed by atoms with Crippen LogP contribution in [0.3, 0.4) is 0 Å². The summed E-state index contributed by atoms with van der Waals surface area (Å²) in [6.45, 7) is 43.1. The van der Waals surface area contributed by atoms with E-state index in [9.17, 15) is 0 Å². The zero-order chi connectivity index (χ0) is 60.8. The number of rotatable bonds is 0. The summed E-state index contributed by atoms with van der Waals surface area (Å²) in [5.41, 5.74) is 53.1. The second kappa shape index (κ2) is 22.7. The van der Waals surface area contributed by atoms with Crippen molar-refractivity contribution in [3.8, 4) is 56.3 Å². The van der Waals surface area contributed by atoms with E-state index in [2.05, 4.69) is 229 Å². The summed E-state index contributed by atoms with van der Waals surface area (Å²) in [6, 6.07) is 33.8. The predicted molar refractivity (Wildman–Crippen MR) is 357 cm³/mol. The molecule has 0 radical (unpaired) electrons. The van der Waals surface area contributed by atoms with E-state index in [1.165, 1.54) is 195 Å². The quantitative estimate of drug-likeness (QED) is 0.151. The highest BCUT2D eigenvalue weighted by Gasteiger charge is 2.28. The normalized spacial score (nSPS) is 12.5. The van der Waals surface area contributed by atoms with Gasteiger partial charge in [-0.15, -0.1) is 0 Å². The van der Waals surface area contributed by atoms with Gasteiger partial charge in [0.1, 0.15) is 0 Å². The number of pyridine rings is 5. The van der Waals surface area contributed by atoms with Crippen molar-refractivity contribution in [3.05, 3.63) is 259 Å². The fraction of sp³-hybridized carbons (Fsp3) is 0.312. The Morgan fingerprint density at radius 2 is 0.706 bits per heavy atom. The second-order valence-corrected chi connectivity index (χ2v) is 25.7. The standard InChI is InChI=1S/5C16H17N/c1-9-5-13-8-14-6-11(3)12(4)17-16(14)15(13)7-10(9)2;1-9-5-11(3)15-13(6-9)8-14-7-10(2)12(4)17-16(14)15;1-9-5-6-13-8-14-7-10(2)12(4)17-16(14)15(13)11(9)3;1-9-5-6-10(2)15-14(9)8-13-7-11(3)12(4)17-16(13)15;1-9-6-5-7-13-14(9)8-15-11(3)10(2)12(4)17-16(13)15/h5*5-7H,8H2,1-4H3. The van der Waals surface area contributed by atoms with E-state index in [1.54, 1.807) is 0 Å². The van der Waals surface area contributed by atoms with Crippen LogP contribution in [0.25, 0.3) is 56.3 Å². The van der Waals surface area contributed by atoms with Gasteiger partial charge in [-0.3, -0.25) is 24.9 Å². The lowest BCUT2D eigenvalue weighted by atomic mass is 9.99. The van der Waals surface area contributed by atoms with Crippen molar-refractivity contribution < 1.29 is 0 Å². The van der Waals surface area contributed by atoms with E-state index in [0.29, 0.717) is 0 Å². The molecule has 0 atom stereocenters. The van der Waals surface area contributed by atoms with E-state index in [4.69, 9.17) is 24.9 Å². The molecule has 5 aromatic heterocycles. The van der Waals surface area contributed by atoms with Gasteiger partial charge in [0.2, 0.25) is 0 Å². The fourth-order valence-electron chi connectivity index (χ4n) is 13.6. The number of aromatic nitrogens is 5. The van der Waals surface area contributed by atoms with Crippen molar-refractivity contribution in [1.82, 2.24) is 24.9 Å². The highest BCUT2D eigenvalue weighted by atomic mass is 14.8. The average Bonchev–Trinajstić information content (AvgIpc) is 2.76. The van der Waals surface area contributed by atoms with Crippen molar-refractivity contribution in [3.63, 3.8) is 0 Å². The first-order chi connectivity index (χ1) is 40.4. The smallest absolute Gasteiger partial charge is 0.0746 e. The Balaban J connectivity index is 0.000000111. The third-order valence-corrected chi connectivity index (χ3v) is 19.7. The summed E-state index contributed by atoms with van der Waals surface area (Å²) >= 11 is 0. The number of fused-ring (bicyclic) bond motifs is 15. The third kappa shape index (κ3) is 10.8. The molecule has 5 heteroatoms. The first-order valence-corrected chi connectivity index (χ1v) is 30.7. The highest BCUT2D eigenvalue weighted by Crippen LogP contribution is 2.44. The number of hydrogen-bond acceptors (Lipinski definition) is 5. The van der Waals surface area contributed by atoms with Crippen LogP contribution in [0, 0.1) is 138 Å². The van der Waals surface area contributed by atoms with Gasteiger partial charge in [-0.25, -0.2) is 0 Å². The maximum Gasteiger partial charge on any atom is 0.0746 e. The largest absolute Gasteiger partial charge is 0.253 e. The third-order valence-electron chi connectivity index (χ3n) is 19.7. The number of aryl methyl sites for hydroxylation is 17. The summed E-state index contributed by atoms with van der Waals surface area (Å²) in [7, 11) is 0. The molecule has 0 saturated heterocycles. The first-order valence-electron chi connectivity index (χ1n) is 30.7. The molecule has 0 unspecified atom stereocenters. The Morgan fingerprint density at radius 1 is 0.235 bits per heavy atom. The van der Waals surface area contributed by atoms with Gasteiger partial charge in [0.05, 0.1) is 28.5 Å².